The first-order chi connectivity index (χ1) is 8.45. The van der Waals surface area contributed by atoms with Gasteiger partial charge in [0, 0.05) is 12.0 Å². The van der Waals surface area contributed by atoms with Crippen molar-refractivity contribution in [3.05, 3.63) is 35.4 Å². The topological polar surface area (TPSA) is 69.6 Å². The second kappa shape index (κ2) is 5.98. The van der Waals surface area contributed by atoms with E-state index in [9.17, 15) is 18.7 Å². The van der Waals surface area contributed by atoms with Gasteiger partial charge in [0.2, 0.25) is 0 Å². The van der Waals surface area contributed by atoms with Gasteiger partial charge in [-0.05, 0) is 18.2 Å². The number of amides is 1. The van der Waals surface area contributed by atoms with E-state index in [0.29, 0.717) is 0 Å². The van der Waals surface area contributed by atoms with Crippen LogP contribution in [-0.4, -0.2) is 22.3 Å². The molecule has 0 heterocycles. The van der Waals surface area contributed by atoms with Crippen molar-refractivity contribution in [3.8, 4) is 12.3 Å². The number of aliphatic hydroxyl groups excluding tert-OH is 1. The van der Waals surface area contributed by atoms with Crippen molar-refractivity contribution in [3.63, 3.8) is 0 Å². The largest absolute Gasteiger partial charge is 0.465 e. The first kappa shape index (κ1) is 13.9. The van der Waals surface area contributed by atoms with Gasteiger partial charge in [0.05, 0.1) is 6.04 Å². The van der Waals surface area contributed by atoms with Crippen LogP contribution in [0.1, 0.15) is 18.1 Å². The second-order valence-electron chi connectivity index (χ2n) is 3.57. The molecule has 0 aliphatic carbocycles. The number of nitrogens with one attached hydrogen (secondary N) is 1. The molecular formula is C12H11F2NO3. The molecular weight excluding hydrogens is 244 g/mol. The average molecular weight is 255 g/mol. The van der Waals surface area contributed by atoms with Crippen molar-refractivity contribution < 1.29 is 23.8 Å². The number of carbonyl (C=O) groups is 1. The molecule has 0 saturated heterocycles. The van der Waals surface area contributed by atoms with Crippen molar-refractivity contribution in [2.45, 2.75) is 18.6 Å². The summed E-state index contributed by atoms with van der Waals surface area (Å²) in [4.78, 5) is 10.5. The van der Waals surface area contributed by atoms with E-state index in [4.69, 9.17) is 11.5 Å². The van der Waals surface area contributed by atoms with Gasteiger partial charge in [-0.2, -0.15) is 0 Å². The SMILES string of the molecule is C#CC[C@@H](NC(=O)O)[C@H](O)c1cc(F)ccc1F. The molecule has 18 heavy (non-hydrogen) atoms. The number of hydrogen-bond donors (Lipinski definition) is 3. The monoisotopic (exact) mass is 255 g/mol. The van der Waals surface area contributed by atoms with E-state index in [2.05, 4.69) is 5.92 Å². The Hall–Kier alpha value is -2.13. The molecule has 1 rings (SSSR count). The lowest BCUT2D eigenvalue weighted by atomic mass is 9.99. The van der Waals surface area contributed by atoms with Gasteiger partial charge >= 0.3 is 6.09 Å². The van der Waals surface area contributed by atoms with Crippen LogP contribution in [0.3, 0.4) is 0 Å². The highest BCUT2D eigenvalue weighted by Gasteiger charge is 2.24. The number of halogens is 2. The summed E-state index contributed by atoms with van der Waals surface area (Å²) in [6.07, 6.45) is 1.90. The van der Waals surface area contributed by atoms with Gasteiger partial charge in [0.1, 0.15) is 17.7 Å². The number of rotatable bonds is 4. The van der Waals surface area contributed by atoms with Crippen LogP contribution in [0.2, 0.25) is 0 Å². The quantitative estimate of drug-likeness (QED) is 0.716. The molecule has 1 amide bonds. The molecule has 0 aliphatic rings. The van der Waals surface area contributed by atoms with Crippen LogP contribution in [0.15, 0.2) is 18.2 Å². The Bertz CT molecular complexity index is 485. The Labute approximate surface area is 102 Å². The molecule has 0 bridgehead atoms. The Balaban J connectivity index is 3.01. The summed E-state index contributed by atoms with van der Waals surface area (Å²) in [6, 6.07) is 1.44. The highest BCUT2D eigenvalue weighted by atomic mass is 19.1. The van der Waals surface area contributed by atoms with Gasteiger partial charge in [-0.25, -0.2) is 13.6 Å². The molecule has 4 nitrogen and oxygen atoms in total. The minimum Gasteiger partial charge on any atom is -0.465 e. The van der Waals surface area contributed by atoms with E-state index >= 15 is 0 Å². The fraction of sp³-hybridized carbons (Fsp3) is 0.250. The molecule has 6 heteroatoms. The third-order valence-corrected chi connectivity index (χ3v) is 2.30. The number of hydrogen-bond acceptors (Lipinski definition) is 2. The summed E-state index contributed by atoms with van der Waals surface area (Å²) in [5.74, 6) is 0.585. The average Bonchev–Trinajstić information content (AvgIpc) is 2.30. The van der Waals surface area contributed by atoms with Gasteiger partial charge in [0.25, 0.3) is 0 Å². The van der Waals surface area contributed by atoms with Crippen molar-refractivity contribution in [1.29, 1.82) is 0 Å². The summed E-state index contributed by atoms with van der Waals surface area (Å²) in [5, 5.41) is 20.4. The molecule has 3 N–H and O–H groups in total. The molecule has 0 unspecified atom stereocenters. The summed E-state index contributed by atoms with van der Waals surface area (Å²) >= 11 is 0. The van der Waals surface area contributed by atoms with Crippen molar-refractivity contribution in [2.75, 3.05) is 0 Å². The van der Waals surface area contributed by atoms with E-state index in [1.165, 1.54) is 0 Å². The highest BCUT2D eigenvalue weighted by molar-refractivity contribution is 5.65. The van der Waals surface area contributed by atoms with Crippen molar-refractivity contribution in [2.24, 2.45) is 0 Å². The Morgan fingerprint density at radius 2 is 2.17 bits per heavy atom. The lowest BCUT2D eigenvalue weighted by Gasteiger charge is -2.21. The maximum atomic E-state index is 13.4. The zero-order valence-electron chi connectivity index (χ0n) is 9.23. The zero-order chi connectivity index (χ0) is 13.7. The molecule has 1 aromatic rings. The number of terminal acetylenes is 1. The number of benzene rings is 1. The van der Waals surface area contributed by atoms with Gasteiger partial charge in [0.15, 0.2) is 0 Å². The summed E-state index contributed by atoms with van der Waals surface area (Å²) in [7, 11) is 0. The fourth-order valence-electron chi connectivity index (χ4n) is 1.49. The van der Waals surface area contributed by atoms with Crippen LogP contribution in [0.5, 0.6) is 0 Å². The van der Waals surface area contributed by atoms with Gasteiger partial charge in [-0.1, -0.05) is 0 Å². The smallest absolute Gasteiger partial charge is 0.405 e. The molecule has 0 aromatic heterocycles. The summed E-state index contributed by atoms with van der Waals surface area (Å²) in [6.45, 7) is 0. The minimum absolute atomic E-state index is 0.149. The predicted molar refractivity (Wildman–Crippen MR) is 59.7 cm³/mol. The Morgan fingerprint density at radius 1 is 1.50 bits per heavy atom. The van der Waals surface area contributed by atoms with Crippen LogP contribution in [0.25, 0.3) is 0 Å². The fourth-order valence-corrected chi connectivity index (χ4v) is 1.49. The van der Waals surface area contributed by atoms with E-state index in [0.717, 1.165) is 18.2 Å². The lowest BCUT2D eigenvalue weighted by molar-refractivity contribution is 0.118. The van der Waals surface area contributed by atoms with Crippen LogP contribution in [0.4, 0.5) is 13.6 Å². The Kier molecular flexibility index (Phi) is 4.63. The molecule has 1 aromatic carbocycles. The molecule has 0 aliphatic heterocycles. The molecule has 0 radical (unpaired) electrons. The number of carboxylic acid groups (broad SMARTS) is 1. The van der Waals surface area contributed by atoms with Gasteiger partial charge in [-0.3, -0.25) is 0 Å². The molecule has 0 spiro atoms. The standard InChI is InChI=1S/C12H11F2NO3/c1-2-3-10(15-12(17)18)11(16)8-6-7(13)4-5-9(8)14/h1,4-6,10-11,15-16H,3H2,(H,17,18)/t10-,11-/m1/s1. The maximum Gasteiger partial charge on any atom is 0.405 e. The molecule has 2 atom stereocenters. The molecule has 96 valence electrons. The van der Waals surface area contributed by atoms with E-state index in [-0.39, 0.29) is 12.0 Å². The normalized spacial score (nSPS) is 13.4. The van der Waals surface area contributed by atoms with Gasteiger partial charge < -0.3 is 15.5 Å². The van der Waals surface area contributed by atoms with Crippen LogP contribution >= 0.6 is 0 Å². The number of aliphatic hydroxyl groups is 1. The maximum absolute atomic E-state index is 13.4. The molecule has 0 fully saturated rings. The Morgan fingerprint density at radius 3 is 2.72 bits per heavy atom. The minimum atomic E-state index is -1.56. The highest BCUT2D eigenvalue weighted by Crippen LogP contribution is 2.22. The van der Waals surface area contributed by atoms with Crippen molar-refractivity contribution in [1.82, 2.24) is 5.32 Å². The summed E-state index contributed by atoms with van der Waals surface area (Å²) < 4.78 is 26.4. The van der Waals surface area contributed by atoms with E-state index in [1.54, 1.807) is 0 Å². The van der Waals surface area contributed by atoms with E-state index in [1.807, 2.05) is 5.32 Å². The molecule has 0 saturated carbocycles. The third-order valence-electron chi connectivity index (χ3n) is 2.30. The van der Waals surface area contributed by atoms with E-state index < -0.39 is 29.9 Å². The van der Waals surface area contributed by atoms with Gasteiger partial charge in [-0.15, -0.1) is 12.3 Å². The van der Waals surface area contributed by atoms with Crippen molar-refractivity contribution >= 4 is 6.09 Å². The lowest BCUT2D eigenvalue weighted by Crippen LogP contribution is -2.38. The third kappa shape index (κ3) is 3.43. The van der Waals surface area contributed by atoms with Crippen LogP contribution in [-0.2, 0) is 0 Å². The predicted octanol–water partition coefficient (Wildman–Crippen LogP) is 1.66. The first-order valence-corrected chi connectivity index (χ1v) is 5.01. The first-order valence-electron chi connectivity index (χ1n) is 5.01. The van der Waals surface area contributed by atoms with Crippen LogP contribution in [0, 0.1) is 24.0 Å². The summed E-state index contributed by atoms with van der Waals surface area (Å²) in [5.41, 5.74) is -0.344. The second-order valence-corrected chi connectivity index (χ2v) is 3.57. The zero-order valence-corrected chi connectivity index (χ0v) is 9.23. The van der Waals surface area contributed by atoms with Crippen LogP contribution < -0.4 is 5.32 Å².